The molecule has 0 fully saturated rings. The zero-order chi connectivity index (χ0) is 26.8. The van der Waals surface area contributed by atoms with Crippen molar-refractivity contribution in [3.05, 3.63) is 96.8 Å². The summed E-state index contributed by atoms with van der Waals surface area (Å²) in [5.74, 6) is 0.0227. The number of carbonyl (C=O) groups excluding carboxylic acids is 1. The second-order valence-electron chi connectivity index (χ2n) is 8.84. The predicted molar refractivity (Wildman–Crippen MR) is 147 cm³/mol. The number of methoxy groups -OCH3 is 2. The topological polar surface area (TPSA) is 84.0 Å². The van der Waals surface area contributed by atoms with E-state index in [2.05, 4.69) is 34.8 Å². The second-order valence-corrected chi connectivity index (χ2v) is 9.85. The van der Waals surface area contributed by atoms with Crippen molar-refractivity contribution in [3.63, 3.8) is 0 Å². The summed E-state index contributed by atoms with van der Waals surface area (Å²) >= 11 is 1.30. The summed E-state index contributed by atoms with van der Waals surface area (Å²) in [6, 6.07) is 14.8. The number of hydrogen-bond acceptors (Lipinski definition) is 7. The van der Waals surface area contributed by atoms with Crippen molar-refractivity contribution in [2.24, 2.45) is 4.99 Å². The molecule has 0 radical (unpaired) electrons. The van der Waals surface area contributed by atoms with Crippen molar-refractivity contribution in [3.8, 4) is 5.75 Å². The Bertz CT molecular complexity index is 1730. The minimum absolute atomic E-state index is 0.0939. The van der Waals surface area contributed by atoms with E-state index in [1.165, 1.54) is 11.3 Å². The highest BCUT2D eigenvalue weighted by molar-refractivity contribution is 7.07. The molecule has 0 aliphatic carbocycles. The second kappa shape index (κ2) is 10.8. The first-order valence-corrected chi connectivity index (χ1v) is 13.2. The first-order chi connectivity index (χ1) is 18.5. The van der Waals surface area contributed by atoms with Gasteiger partial charge in [-0.2, -0.15) is 0 Å². The van der Waals surface area contributed by atoms with Crippen LogP contribution in [0.4, 0.5) is 0 Å². The highest BCUT2D eigenvalue weighted by Crippen LogP contribution is 2.35. The van der Waals surface area contributed by atoms with Gasteiger partial charge in [0.05, 0.1) is 29.5 Å². The van der Waals surface area contributed by atoms with Crippen molar-refractivity contribution in [1.29, 1.82) is 0 Å². The molecule has 5 rings (SSSR count). The van der Waals surface area contributed by atoms with Crippen LogP contribution >= 0.6 is 11.3 Å². The van der Waals surface area contributed by atoms with Gasteiger partial charge in [-0.25, -0.2) is 9.79 Å². The number of thiazole rings is 1. The van der Waals surface area contributed by atoms with Gasteiger partial charge in [-0.05, 0) is 32.1 Å². The van der Waals surface area contributed by atoms with Gasteiger partial charge >= 0.3 is 5.97 Å². The van der Waals surface area contributed by atoms with Gasteiger partial charge in [0.2, 0.25) is 0 Å². The van der Waals surface area contributed by atoms with Gasteiger partial charge in [0.1, 0.15) is 18.4 Å². The number of para-hydroxylation sites is 2. The molecule has 0 amide bonds. The van der Waals surface area contributed by atoms with Crippen LogP contribution in [0.1, 0.15) is 31.0 Å². The molecule has 8 nitrogen and oxygen atoms in total. The molecule has 1 atom stereocenters. The number of esters is 1. The number of nitrogens with zero attached hydrogens (tertiary/aromatic N) is 3. The maximum Gasteiger partial charge on any atom is 0.338 e. The molecule has 0 saturated heterocycles. The molecule has 0 spiro atoms. The van der Waals surface area contributed by atoms with Gasteiger partial charge in [-0.3, -0.25) is 9.36 Å². The Balaban J connectivity index is 1.72. The van der Waals surface area contributed by atoms with Crippen LogP contribution in [0.2, 0.25) is 0 Å². The van der Waals surface area contributed by atoms with Crippen LogP contribution < -0.4 is 19.6 Å². The summed E-state index contributed by atoms with van der Waals surface area (Å²) in [6.45, 7) is 5.03. The number of hydrogen-bond donors (Lipinski definition) is 0. The predicted octanol–water partition coefficient (Wildman–Crippen LogP) is 3.41. The third-order valence-electron chi connectivity index (χ3n) is 6.64. The van der Waals surface area contributed by atoms with E-state index in [1.807, 2.05) is 42.5 Å². The van der Waals surface area contributed by atoms with E-state index in [4.69, 9.17) is 14.2 Å². The molecule has 1 unspecified atom stereocenters. The van der Waals surface area contributed by atoms with Crippen molar-refractivity contribution < 1.29 is 19.0 Å². The van der Waals surface area contributed by atoms with E-state index in [0.717, 1.165) is 23.0 Å². The van der Waals surface area contributed by atoms with Gasteiger partial charge in [0, 0.05) is 41.9 Å². The molecule has 1 aliphatic heterocycles. The Morgan fingerprint density at radius 2 is 1.87 bits per heavy atom. The first kappa shape index (κ1) is 25.7. The van der Waals surface area contributed by atoms with E-state index in [-0.39, 0.29) is 18.8 Å². The van der Waals surface area contributed by atoms with Crippen molar-refractivity contribution >= 4 is 34.3 Å². The summed E-state index contributed by atoms with van der Waals surface area (Å²) < 4.78 is 20.4. The molecular weight excluding hydrogens is 502 g/mol. The molecule has 3 heterocycles. The smallest absolute Gasteiger partial charge is 0.338 e. The summed E-state index contributed by atoms with van der Waals surface area (Å²) in [5, 5.41) is 1.07. The zero-order valence-electron chi connectivity index (χ0n) is 21.8. The SMILES string of the molecule is CCn1cc(C=c2sc3n(c2=O)C(c2ccccc2OC)C(C(=O)OCCOC)=C(C)N=3)c2ccccc21. The molecule has 2 aromatic carbocycles. The van der Waals surface area contributed by atoms with Gasteiger partial charge in [0.15, 0.2) is 4.80 Å². The number of rotatable bonds is 8. The van der Waals surface area contributed by atoms with Crippen LogP contribution in [0.15, 0.2) is 75.8 Å². The molecule has 196 valence electrons. The molecule has 0 N–H and O–H groups in total. The fourth-order valence-corrected chi connectivity index (χ4v) is 5.90. The number of benzene rings is 2. The third kappa shape index (κ3) is 4.48. The van der Waals surface area contributed by atoms with Crippen LogP contribution in [0.3, 0.4) is 0 Å². The fourth-order valence-electron chi connectivity index (χ4n) is 4.86. The van der Waals surface area contributed by atoms with E-state index in [0.29, 0.717) is 31.9 Å². The largest absolute Gasteiger partial charge is 0.496 e. The number of fused-ring (bicyclic) bond motifs is 2. The monoisotopic (exact) mass is 531 g/mol. The minimum atomic E-state index is -0.753. The number of aryl methyl sites for hydroxylation is 1. The Kier molecular flexibility index (Phi) is 7.31. The Hall–Kier alpha value is -3.95. The summed E-state index contributed by atoms with van der Waals surface area (Å²) in [4.78, 5) is 32.5. The molecule has 0 bridgehead atoms. The minimum Gasteiger partial charge on any atom is -0.496 e. The van der Waals surface area contributed by atoms with Crippen molar-refractivity contribution in [2.75, 3.05) is 27.4 Å². The Labute approximate surface area is 223 Å². The normalized spacial score (nSPS) is 15.5. The maximum absolute atomic E-state index is 14.0. The maximum atomic E-state index is 14.0. The molecule has 2 aromatic heterocycles. The van der Waals surface area contributed by atoms with Crippen LogP contribution in [0.25, 0.3) is 17.0 Å². The lowest BCUT2D eigenvalue weighted by Gasteiger charge is -2.26. The fraction of sp³-hybridized carbons (Fsp3) is 0.276. The van der Waals surface area contributed by atoms with E-state index >= 15 is 0 Å². The highest BCUT2D eigenvalue weighted by Gasteiger charge is 2.35. The molecule has 1 aliphatic rings. The Morgan fingerprint density at radius 3 is 2.63 bits per heavy atom. The third-order valence-corrected chi connectivity index (χ3v) is 7.63. The van der Waals surface area contributed by atoms with Crippen molar-refractivity contribution in [1.82, 2.24) is 9.13 Å². The van der Waals surface area contributed by atoms with E-state index < -0.39 is 12.0 Å². The summed E-state index contributed by atoms with van der Waals surface area (Å²) in [7, 11) is 3.11. The van der Waals surface area contributed by atoms with E-state index in [1.54, 1.807) is 25.7 Å². The van der Waals surface area contributed by atoms with Crippen LogP contribution in [-0.4, -0.2) is 42.5 Å². The van der Waals surface area contributed by atoms with Crippen LogP contribution in [0, 0.1) is 0 Å². The van der Waals surface area contributed by atoms with Gasteiger partial charge in [0.25, 0.3) is 5.56 Å². The lowest BCUT2D eigenvalue weighted by molar-refractivity contribution is -0.140. The van der Waals surface area contributed by atoms with Crippen LogP contribution in [-0.2, 0) is 20.8 Å². The molecule has 38 heavy (non-hydrogen) atoms. The summed E-state index contributed by atoms with van der Waals surface area (Å²) in [5.41, 5.74) is 3.31. The van der Waals surface area contributed by atoms with Crippen molar-refractivity contribution in [2.45, 2.75) is 26.4 Å². The quantitative estimate of drug-likeness (QED) is 0.257. The number of carbonyl (C=O) groups is 1. The molecule has 0 saturated carbocycles. The molecule has 4 aromatic rings. The first-order valence-electron chi connectivity index (χ1n) is 12.4. The van der Waals surface area contributed by atoms with Gasteiger partial charge in [-0.1, -0.05) is 47.7 Å². The number of ether oxygens (including phenoxy) is 3. The van der Waals surface area contributed by atoms with Gasteiger partial charge < -0.3 is 18.8 Å². The average Bonchev–Trinajstić information content (AvgIpc) is 3.44. The number of allylic oxidation sites excluding steroid dienone is 1. The lowest BCUT2D eigenvalue weighted by Crippen LogP contribution is -2.40. The van der Waals surface area contributed by atoms with E-state index in [9.17, 15) is 9.59 Å². The lowest BCUT2D eigenvalue weighted by atomic mass is 9.95. The Morgan fingerprint density at radius 1 is 1.11 bits per heavy atom. The highest BCUT2D eigenvalue weighted by atomic mass is 32.1. The average molecular weight is 532 g/mol. The molecular formula is C29H29N3O5S. The number of aromatic nitrogens is 2. The van der Waals surface area contributed by atoms with Crippen LogP contribution in [0.5, 0.6) is 5.75 Å². The standard InChI is InChI=1S/C29H29N3O5S/c1-5-31-17-19(20-10-6-8-12-22(20)31)16-24-27(33)32-26(21-11-7-9-13-23(21)36-4)25(18(2)30-29(32)38-24)28(34)37-15-14-35-3/h6-13,16-17,26H,5,14-15H2,1-4H3. The van der Waals surface area contributed by atoms with Gasteiger partial charge in [-0.15, -0.1) is 0 Å². The molecule has 9 heteroatoms. The summed E-state index contributed by atoms with van der Waals surface area (Å²) in [6.07, 6.45) is 3.97. The zero-order valence-corrected chi connectivity index (χ0v) is 22.6.